The summed E-state index contributed by atoms with van der Waals surface area (Å²) in [6, 6.07) is 4.16. The van der Waals surface area contributed by atoms with Crippen LogP contribution in [0.15, 0.2) is 18.3 Å². The monoisotopic (exact) mass is 299 g/mol. The minimum atomic E-state index is 0.106. The van der Waals surface area contributed by atoms with E-state index in [1.807, 2.05) is 11.9 Å². The molecule has 2 aromatic heterocycles. The summed E-state index contributed by atoms with van der Waals surface area (Å²) in [7, 11) is 1.94. The van der Waals surface area contributed by atoms with Gasteiger partial charge in [0.25, 0.3) is 0 Å². The number of aromatic nitrogens is 2. The van der Waals surface area contributed by atoms with Crippen LogP contribution in [0.5, 0.6) is 0 Å². The Morgan fingerprint density at radius 3 is 3.05 bits per heavy atom. The van der Waals surface area contributed by atoms with Gasteiger partial charge in [0.15, 0.2) is 0 Å². The highest BCUT2D eigenvalue weighted by Gasteiger charge is 2.29. The molecule has 0 aliphatic heterocycles. The van der Waals surface area contributed by atoms with E-state index in [0.717, 1.165) is 44.3 Å². The first kappa shape index (κ1) is 15.1. The van der Waals surface area contributed by atoms with Crippen molar-refractivity contribution in [1.29, 1.82) is 0 Å². The molecule has 1 atom stereocenters. The molecule has 3 rings (SSSR count). The van der Waals surface area contributed by atoms with Crippen molar-refractivity contribution in [3.8, 4) is 0 Å². The molecule has 0 aromatic carbocycles. The molecule has 4 heteroatoms. The first-order valence-corrected chi connectivity index (χ1v) is 8.31. The van der Waals surface area contributed by atoms with E-state index < -0.39 is 0 Å². The van der Waals surface area contributed by atoms with Crippen LogP contribution in [-0.4, -0.2) is 33.8 Å². The SMILES string of the molecule is CCCCN(C)C(=O)C1CCc2nc3ccc(C)cn3c2C1. The van der Waals surface area contributed by atoms with Crippen LogP contribution < -0.4 is 0 Å². The zero-order valence-electron chi connectivity index (χ0n) is 13.8. The van der Waals surface area contributed by atoms with Gasteiger partial charge >= 0.3 is 0 Å². The third-order valence-electron chi connectivity index (χ3n) is 4.69. The number of aryl methyl sites for hydroxylation is 2. The summed E-state index contributed by atoms with van der Waals surface area (Å²) in [6.07, 6.45) is 6.98. The van der Waals surface area contributed by atoms with E-state index in [9.17, 15) is 4.79 Å². The van der Waals surface area contributed by atoms with Crippen LogP contribution in [0.1, 0.15) is 43.1 Å². The predicted octanol–water partition coefficient (Wildman–Crippen LogP) is 3.01. The summed E-state index contributed by atoms with van der Waals surface area (Å²) >= 11 is 0. The summed E-state index contributed by atoms with van der Waals surface area (Å²) in [5.41, 5.74) is 4.63. The van der Waals surface area contributed by atoms with Crippen LogP contribution in [0.25, 0.3) is 5.65 Å². The number of imidazole rings is 1. The first-order chi connectivity index (χ1) is 10.6. The van der Waals surface area contributed by atoms with Crippen molar-refractivity contribution in [2.75, 3.05) is 13.6 Å². The number of carbonyl (C=O) groups excluding carboxylic acids is 1. The summed E-state index contributed by atoms with van der Waals surface area (Å²) in [5, 5.41) is 0. The second-order valence-corrected chi connectivity index (χ2v) is 6.49. The van der Waals surface area contributed by atoms with Gasteiger partial charge in [0.1, 0.15) is 5.65 Å². The van der Waals surface area contributed by atoms with Gasteiger partial charge in [-0.25, -0.2) is 4.98 Å². The minimum Gasteiger partial charge on any atom is -0.346 e. The molecule has 0 saturated carbocycles. The van der Waals surface area contributed by atoms with E-state index >= 15 is 0 Å². The zero-order valence-corrected chi connectivity index (χ0v) is 13.8. The second kappa shape index (κ2) is 6.11. The molecule has 0 N–H and O–H groups in total. The van der Waals surface area contributed by atoms with E-state index in [1.54, 1.807) is 0 Å². The molecule has 2 heterocycles. The number of fused-ring (bicyclic) bond motifs is 3. The fourth-order valence-corrected chi connectivity index (χ4v) is 3.34. The Labute approximate surface area is 132 Å². The maximum absolute atomic E-state index is 12.6. The van der Waals surface area contributed by atoms with Gasteiger partial charge in [-0.15, -0.1) is 0 Å². The number of amides is 1. The molecule has 1 unspecified atom stereocenters. The molecule has 0 saturated heterocycles. The van der Waals surface area contributed by atoms with Gasteiger partial charge in [-0.3, -0.25) is 4.79 Å². The molecule has 0 spiro atoms. The van der Waals surface area contributed by atoms with Crippen molar-refractivity contribution in [1.82, 2.24) is 14.3 Å². The normalized spacial score (nSPS) is 17.5. The van der Waals surface area contributed by atoms with Crippen LogP contribution >= 0.6 is 0 Å². The quantitative estimate of drug-likeness (QED) is 0.870. The van der Waals surface area contributed by atoms with Gasteiger partial charge in [-0.2, -0.15) is 0 Å². The number of unbranched alkanes of at least 4 members (excludes halogenated alkanes) is 1. The number of nitrogens with zero attached hydrogens (tertiary/aromatic N) is 3. The number of pyridine rings is 1. The largest absolute Gasteiger partial charge is 0.346 e. The summed E-state index contributed by atoms with van der Waals surface area (Å²) in [6.45, 7) is 5.12. The Morgan fingerprint density at radius 2 is 2.27 bits per heavy atom. The average Bonchev–Trinajstić information content (AvgIpc) is 2.89. The minimum absolute atomic E-state index is 0.106. The maximum atomic E-state index is 12.6. The Morgan fingerprint density at radius 1 is 1.45 bits per heavy atom. The van der Waals surface area contributed by atoms with E-state index in [0.29, 0.717) is 5.91 Å². The van der Waals surface area contributed by atoms with Crippen molar-refractivity contribution in [2.24, 2.45) is 5.92 Å². The fraction of sp³-hybridized carbons (Fsp3) is 0.556. The molecule has 1 aliphatic carbocycles. The standard InChI is InChI=1S/C18H25N3O/c1-4-5-10-20(3)18(22)14-7-8-15-16(11-14)21-12-13(2)6-9-17(21)19-15/h6,9,12,14H,4-5,7-8,10-11H2,1-3H3. The average molecular weight is 299 g/mol. The van der Waals surface area contributed by atoms with E-state index in [1.165, 1.54) is 17.0 Å². The smallest absolute Gasteiger partial charge is 0.225 e. The Kier molecular flexibility index (Phi) is 4.19. The van der Waals surface area contributed by atoms with Gasteiger partial charge in [-0.05, 0) is 37.8 Å². The van der Waals surface area contributed by atoms with Crippen molar-refractivity contribution in [2.45, 2.75) is 46.0 Å². The number of hydrogen-bond donors (Lipinski definition) is 0. The molecule has 0 bridgehead atoms. The summed E-state index contributed by atoms with van der Waals surface area (Å²) in [5.74, 6) is 0.400. The Hall–Kier alpha value is -1.84. The highest BCUT2D eigenvalue weighted by atomic mass is 16.2. The maximum Gasteiger partial charge on any atom is 0.225 e. The molecule has 4 nitrogen and oxygen atoms in total. The van der Waals surface area contributed by atoms with Gasteiger partial charge in [0.05, 0.1) is 5.69 Å². The van der Waals surface area contributed by atoms with Crippen LogP contribution in [0.2, 0.25) is 0 Å². The highest BCUT2D eigenvalue weighted by Crippen LogP contribution is 2.27. The van der Waals surface area contributed by atoms with Gasteiger partial charge in [0.2, 0.25) is 5.91 Å². The lowest BCUT2D eigenvalue weighted by Gasteiger charge is -2.26. The van der Waals surface area contributed by atoms with Crippen molar-refractivity contribution in [3.63, 3.8) is 0 Å². The van der Waals surface area contributed by atoms with Crippen LogP contribution in [0, 0.1) is 12.8 Å². The Bertz CT molecular complexity index is 689. The van der Waals surface area contributed by atoms with Crippen molar-refractivity contribution < 1.29 is 4.79 Å². The number of carbonyl (C=O) groups is 1. The lowest BCUT2D eigenvalue weighted by Crippen LogP contribution is -2.36. The highest BCUT2D eigenvalue weighted by molar-refractivity contribution is 5.79. The molecule has 118 valence electrons. The van der Waals surface area contributed by atoms with Gasteiger partial charge < -0.3 is 9.30 Å². The number of hydrogen-bond acceptors (Lipinski definition) is 2. The van der Waals surface area contributed by atoms with E-state index in [2.05, 4.69) is 36.6 Å². The molecular weight excluding hydrogens is 274 g/mol. The molecular formula is C18H25N3O. The number of rotatable bonds is 4. The zero-order chi connectivity index (χ0) is 15.7. The van der Waals surface area contributed by atoms with Crippen LogP contribution in [0.4, 0.5) is 0 Å². The van der Waals surface area contributed by atoms with E-state index in [4.69, 9.17) is 4.98 Å². The first-order valence-electron chi connectivity index (χ1n) is 8.31. The van der Waals surface area contributed by atoms with Crippen molar-refractivity contribution >= 4 is 11.6 Å². The second-order valence-electron chi connectivity index (χ2n) is 6.49. The summed E-state index contributed by atoms with van der Waals surface area (Å²) in [4.78, 5) is 19.3. The van der Waals surface area contributed by atoms with Gasteiger partial charge in [0, 0.05) is 37.8 Å². The predicted molar refractivity (Wildman–Crippen MR) is 88.0 cm³/mol. The fourth-order valence-electron chi connectivity index (χ4n) is 3.34. The topological polar surface area (TPSA) is 37.6 Å². The molecule has 0 fully saturated rings. The molecule has 0 radical (unpaired) electrons. The lowest BCUT2D eigenvalue weighted by molar-refractivity contribution is -0.134. The molecule has 1 aliphatic rings. The lowest BCUT2D eigenvalue weighted by atomic mass is 9.88. The third kappa shape index (κ3) is 2.74. The molecule has 1 amide bonds. The molecule has 2 aromatic rings. The Balaban J connectivity index is 1.82. The van der Waals surface area contributed by atoms with Gasteiger partial charge in [-0.1, -0.05) is 19.4 Å². The third-order valence-corrected chi connectivity index (χ3v) is 4.69. The van der Waals surface area contributed by atoms with E-state index in [-0.39, 0.29) is 5.92 Å². The van der Waals surface area contributed by atoms with Crippen LogP contribution in [0.3, 0.4) is 0 Å². The van der Waals surface area contributed by atoms with Crippen molar-refractivity contribution in [3.05, 3.63) is 35.3 Å². The molecule has 22 heavy (non-hydrogen) atoms. The summed E-state index contributed by atoms with van der Waals surface area (Å²) < 4.78 is 2.18. The van der Waals surface area contributed by atoms with Crippen LogP contribution in [-0.2, 0) is 17.6 Å².